The van der Waals surface area contributed by atoms with E-state index in [0.717, 1.165) is 21.9 Å². The molecule has 172 valence electrons. The predicted molar refractivity (Wildman–Crippen MR) is 122 cm³/mol. The van der Waals surface area contributed by atoms with Crippen LogP contribution in [0.25, 0.3) is 10.8 Å². The van der Waals surface area contributed by atoms with Crippen LogP contribution >= 0.6 is 0 Å². The summed E-state index contributed by atoms with van der Waals surface area (Å²) >= 11 is 0. The third kappa shape index (κ3) is 6.78. The summed E-state index contributed by atoms with van der Waals surface area (Å²) in [5.74, 6) is -1.37. The van der Waals surface area contributed by atoms with E-state index in [2.05, 4.69) is 10.6 Å². The molecule has 0 radical (unpaired) electrons. The second-order valence-electron chi connectivity index (χ2n) is 7.41. The Morgan fingerprint density at radius 1 is 0.848 bits per heavy atom. The maximum atomic E-state index is 12.7. The van der Waals surface area contributed by atoms with Crippen LogP contribution < -0.4 is 10.6 Å². The molecule has 0 aliphatic rings. The van der Waals surface area contributed by atoms with E-state index in [1.807, 2.05) is 60.7 Å². The van der Waals surface area contributed by atoms with Gasteiger partial charge in [0.15, 0.2) is 0 Å². The van der Waals surface area contributed by atoms with Gasteiger partial charge < -0.3 is 25.2 Å². The van der Waals surface area contributed by atoms with Gasteiger partial charge in [0.25, 0.3) is 0 Å². The van der Waals surface area contributed by atoms with Gasteiger partial charge in [0.1, 0.15) is 18.7 Å². The molecular weight excluding hydrogens is 424 g/mol. The topological polar surface area (TPSA) is 114 Å². The van der Waals surface area contributed by atoms with Crippen molar-refractivity contribution in [2.24, 2.45) is 0 Å². The summed E-state index contributed by atoms with van der Waals surface area (Å²) in [4.78, 5) is 37.0. The number of aliphatic hydroxyl groups is 1. The standard InChI is InChI=1S/C25H26N2O6/c1-32-24(30)21(14-18-11-12-19-9-5-6-10-20(19)13-18)26-23(29)22(15-28)27-25(31)33-16-17-7-3-2-4-8-17/h2-13,21-22,28H,14-16H2,1H3,(H,26,29)(H,27,31)/t21-,22+/m1/s1. The highest BCUT2D eigenvalue weighted by molar-refractivity contribution is 5.90. The lowest BCUT2D eigenvalue weighted by Crippen LogP contribution is -2.54. The summed E-state index contributed by atoms with van der Waals surface area (Å²) in [5, 5.41) is 16.5. The number of carbonyl (C=O) groups excluding carboxylic acids is 3. The molecular formula is C25H26N2O6. The molecule has 8 nitrogen and oxygen atoms in total. The smallest absolute Gasteiger partial charge is 0.408 e. The summed E-state index contributed by atoms with van der Waals surface area (Å²) in [6.45, 7) is -0.657. The number of ether oxygens (including phenoxy) is 2. The van der Waals surface area contributed by atoms with E-state index in [-0.39, 0.29) is 13.0 Å². The minimum absolute atomic E-state index is 0.0131. The number of rotatable bonds is 9. The van der Waals surface area contributed by atoms with E-state index in [9.17, 15) is 19.5 Å². The van der Waals surface area contributed by atoms with Crippen LogP contribution in [0.5, 0.6) is 0 Å². The van der Waals surface area contributed by atoms with Crippen LogP contribution in [0.15, 0.2) is 72.8 Å². The van der Waals surface area contributed by atoms with Crippen LogP contribution in [0.1, 0.15) is 11.1 Å². The molecule has 0 unspecified atom stereocenters. The average Bonchev–Trinajstić information content (AvgIpc) is 2.85. The number of alkyl carbamates (subject to hydrolysis) is 1. The Morgan fingerprint density at radius 2 is 1.55 bits per heavy atom. The fraction of sp³-hybridized carbons (Fsp3) is 0.240. The molecule has 2 atom stereocenters. The quantitative estimate of drug-likeness (QED) is 0.431. The van der Waals surface area contributed by atoms with E-state index in [1.165, 1.54) is 7.11 Å². The number of fused-ring (bicyclic) bond motifs is 1. The van der Waals surface area contributed by atoms with Gasteiger partial charge in [-0.25, -0.2) is 9.59 Å². The van der Waals surface area contributed by atoms with E-state index in [1.54, 1.807) is 12.1 Å². The number of hydrogen-bond acceptors (Lipinski definition) is 6. The zero-order chi connectivity index (χ0) is 23.6. The van der Waals surface area contributed by atoms with E-state index >= 15 is 0 Å². The summed E-state index contributed by atoms with van der Waals surface area (Å²) in [6, 6.07) is 20.3. The van der Waals surface area contributed by atoms with Gasteiger partial charge in [-0.3, -0.25) is 4.79 Å². The number of amides is 2. The molecule has 0 saturated carbocycles. The van der Waals surface area contributed by atoms with Crippen molar-refractivity contribution in [1.82, 2.24) is 10.6 Å². The van der Waals surface area contributed by atoms with Crippen molar-refractivity contribution in [2.75, 3.05) is 13.7 Å². The van der Waals surface area contributed by atoms with Gasteiger partial charge in [0.05, 0.1) is 13.7 Å². The van der Waals surface area contributed by atoms with Gasteiger partial charge in [-0.15, -0.1) is 0 Å². The lowest BCUT2D eigenvalue weighted by atomic mass is 10.0. The summed E-state index contributed by atoms with van der Waals surface area (Å²) in [5.41, 5.74) is 1.60. The van der Waals surface area contributed by atoms with Crippen LogP contribution in [-0.2, 0) is 32.1 Å². The lowest BCUT2D eigenvalue weighted by Gasteiger charge is -2.21. The van der Waals surface area contributed by atoms with Gasteiger partial charge in [-0.1, -0.05) is 72.8 Å². The molecule has 3 rings (SSSR count). The highest BCUT2D eigenvalue weighted by Crippen LogP contribution is 2.17. The summed E-state index contributed by atoms with van der Waals surface area (Å²) in [6.07, 6.45) is -0.683. The van der Waals surface area contributed by atoms with Crippen molar-refractivity contribution < 1.29 is 29.0 Å². The van der Waals surface area contributed by atoms with Gasteiger partial charge in [0.2, 0.25) is 5.91 Å². The number of esters is 1. The molecule has 0 aromatic heterocycles. The Kier molecular flexibility index (Phi) is 8.37. The third-order valence-electron chi connectivity index (χ3n) is 5.06. The minimum atomic E-state index is -1.29. The molecule has 2 amide bonds. The zero-order valence-corrected chi connectivity index (χ0v) is 18.2. The number of benzene rings is 3. The highest BCUT2D eigenvalue weighted by atomic mass is 16.5. The Labute approximate surface area is 191 Å². The van der Waals surface area contributed by atoms with Crippen molar-refractivity contribution >= 4 is 28.7 Å². The molecule has 0 bridgehead atoms. The number of carbonyl (C=O) groups is 3. The fourth-order valence-electron chi connectivity index (χ4n) is 3.31. The molecule has 33 heavy (non-hydrogen) atoms. The van der Waals surface area contributed by atoms with Crippen LogP contribution in [0.3, 0.4) is 0 Å². The molecule has 0 fully saturated rings. The summed E-state index contributed by atoms with van der Waals surface area (Å²) in [7, 11) is 1.23. The minimum Gasteiger partial charge on any atom is -0.467 e. The van der Waals surface area contributed by atoms with E-state index < -0.39 is 36.7 Å². The molecule has 0 aliphatic carbocycles. The molecule has 8 heteroatoms. The Hall–Kier alpha value is -3.91. The first-order valence-corrected chi connectivity index (χ1v) is 10.4. The van der Waals surface area contributed by atoms with Crippen LogP contribution in [0.4, 0.5) is 4.79 Å². The van der Waals surface area contributed by atoms with Crippen LogP contribution in [0.2, 0.25) is 0 Å². The molecule has 3 N–H and O–H groups in total. The summed E-state index contributed by atoms with van der Waals surface area (Å²) < 4.78 is 9.91. The van der Waals surface area contributed by atoms with Gasteiger partial charge >= 0.3 is 12.1 Å². The van der Waals surface area contributed by atoms with Gasteiger partial charge in [0, 0.05) is 6.42 Å². The van der Waals surface area contributed by atoms with Crippen molar-refractivity contribution in [1.29, 1.82) is 0 Å². The van der Waals surface area contributed by atoms with Gasteiger partial charge in [-0.05, 0) is 21.9 Å². The number of hydrogen-bond donors (Lipinski definition) is 3. The first kappa shape index (κ1) is 23.7. The number of methoxy groups -OCH3 is 1. The van der Waals surface area contributed by atoms with Gasteiger partial charge in [-0.2, -0.15) is 0 Å². The van der Waals surface area contributed by atoms with E-state index in [4.69, 9.17) is 9.47 Å². The monoisotopic (exact) mass is 450 g/mol. The van der Waals surface area contributed by atoms with Crippen molar-refractivity contribution in [2.45, 2.75) is 25.1 Å². The van der Waals surface area contributed by atoms with Crippen LogP contribution in [0, 0.1) is 0 Å². The predicted octanol–water partition coefficient (Wildman–Crippen LogP) is 2.33. The maximum Gasteiger partial charge on any atom is 0.408 e. The maximum absolute atomic E-state index is 12.7. The van der Waals surface area contributed by atoms with Crippen LogP contribution in [-0.4, -0.2) is 48.9 Å². The molecule has 3 aromatic carbocycles. The third-order valence-corrected chi connectivity index (χ3v) is 5.06. The Bertz CT molecular complexity index is 1100. The first-order chi connectivity index (χ1) is 16.0. The molecule has 0 spiro atoms. The second kappa shape index (κ2) is 11.6. The Balaban J connectivity index is 1.62. The SMILES string of the molecule is COC(=O)[C@@H](Cc1ccc2ccccc2c1)NC(=O)[C@H](CO)NC(=O)OCc1ccccc1. The van der Waals surface area contributed by atoms with Crippen molar-refractivity contribution in [3.8, 4) is 0 Å². The molecule has 3 aromatic rings. The molecule has 0 aliphatic heterocycles. The average molecular weight is 450 g/mol. The lowest BCUT2D eigenvalue weighted by molar-refractivity contribution is -0.145. The van der Waals surface area contributed by atoms with Crippen molar-refractivity contribution in [3.63, 3.8) is 0 Å². The van der Waals surface area contributed by atoms with Crippen molar-refractivity contribution in [3.05, 3.63) is 83.9 Å². The van der Waals surface area contributed by atoms with E-state index in [0.29, 0.717) is 0 Å². The normalized spacial score (nSPS) is 12.4. The number of aliphatic hydroxyl groups excluding tert-OH is 1. The number of nitrogens with one attached hydrogen (secondary N) is 2. The highest BCUT2D eigenvalue weighted by Gasteiger charge is 2.27. The molecule has 0 heterocycles. The largest absolute Gasteiger partial charge is 0.467 e. The first-order valence-electron chi connectivity index (χ1n) is 10.4. The Morgan fingerprint density at radius 3 is 2.24 bits per heavy atom. The zero-order valence-electron chi connectivity index (χ0n) is 18.2. The fourth-order valence-corrected chi connectivity index (χ4v) is 3.31. The second-order valence-corrected chi connectivity index (χ2v) is 7.41. The molecule has 0 saturated heterocycles.